The number of hydrogen-bond acceptors (Lipinski definition) is 2. The van der Waals surface area contributed by atoms with E-state index in [1.807, 2.05) is 6.92 Å². The van der Waals surface area contributed by atoms with Gasteiger partial charge in [0.25, 0.3) is 0 Å². The minimum atomic E-state index is -5.65. The Bertz CT molecular complexity index is 422. The van der Waals surface area contributed by atoms with Crippen LogP contribution in [0, 0.1) is 0 Å². The molecular formula is C11H16F5N3. The van der Waals surface area contributed by atoms with E-state index in [0.29, 0.717) is 17.5 Å². The van der Waals surface area contributed by atoms with Crippen LogP contribution in [0.2, 0.25) is 0 Å². The van der Waals surface area contributed by atoms with Crippen molar-refractivity contribution in [1.82, 2.24) is 15.0 Å². The monoisotopic (exact) mass is 285 g/mol. The van der Waals surface area contributed by atoms with Gasteiger partial charge in [-0.05, 0) is 12.3 Å². The van der Waals surface area contributed by atoms with E-state index in [2.05, 4.69) is 10.3 Å². The number of halogens is 5. The van der Waals surface area contributed by atoms with Crippen molar-refractivity contribution in [2.45, 2.75) is 58.2 Å². The molecule has 1 rings (SSSR count). The molecule has 1 heterocycles. The van der Waals surface area contributed by atoms with Crippen molar-refractivity contribution in [3.63, 3.8) is 0 Å². The van der Waals surface area contributed by atoms with Crippen LogP contribution in [0.3, 0.4) is 0 Å². The second-order valence-electron chi connectivity index (χ2n) is 4.63. The summed E-state index contributed by atoms with van der Waals surface area (Å²) >= 11 is 0. The summed E-state index contributed by atoms with van der Waals surface area (Å²) in [5, 5.41) is 6.92. The molecule has 0 aromatic carbocycles. The number of hydrogen-bond donors (Lipinski definition) is 0. The van der Waals surface area contributed by atoms with Crippen molar-refractivity contribution >= 4 is 0 Å². The maximum Gasteiger partial charge on any atom is 0.459 e. The van der Waals surface area contributed by atoms with Crippen molar-refractivity contribution in [1.29, 1.82) is 0 Å². The molecule has 0 radical (unpaired) electrons. The van der Waals surface area contributed by atoms with Crippen LogP contribution >= 0.6 is 0 Å². The fraction of sp³-hybridized carbons (Fsp3) is 0.818. The van der Waals surface area contributed by atoms with Gasteiger partial charge in [0, 0.05) is 6.54 Å². The first-order chi connectivity index (χ1) is 8.63. The predicted molar refractivity (Wildman–Crippen MR) is 59.0 cm³/mol. The first kappa shape index (κ1) is 15.8. The molecule has 0 N–H and O–H groups in total. The van der Waals surface area contributed by atoms with E-state index < -0.39 is 23.7 Å². The average molecular weight is 285 g/mol. The molecule has 0 aliphatic rings. The van der Waals surface area contributed by atoms with Gasteiger partial charge in [-0.25, -0.2) is 4.68 Å². The second-order valence-corrected chi connectivity index (χ2v) is 4.63. The standard InChI is InChI=1S/C11H16F5N3/c1-4-5-6-19-9(8(7(2)3)17-18-19)10(12,13)11(14,15)16/h7H,4-6H2,1-3H3. The van der Waals surface area contributed by atoms with Gasteiger partial charge in [-0.3, -0.25) is 0 Å². The highest BCUT2D eigenvalue weighted by atomic mass is 19.4. The average Bonchev–Trinajstić information content (AvgIpc) is 2.68. The zero-order valence-corrected chi connectivity index (χ0v) is 10.9. The Morgan fingerprint density at radius 3 is 2.16 bits per heavy atom. The lowest BCUT2D eigenvalue weighted by Gasteiger charge is -2.22. The fourth-order valence-corrected chi connectivity index (χ4v) is 1.64. The zero-order chi connectivity index (χ0) is 14.8. The Hall–Kier alpha value is -1.21. The summed E-state index contributed by atoms with van der Waals surface area (Å²) in [5.74, 6) is -5.50. The van der Waals surface area contributed by atoms with Gasteiger partial charge in [0.2, 0.25) is 0 Å². The Morgan fingerprint density at radius 2 is 1.74 bits per heavy atom. The van der Waals surface area contributed by atoms with Crippen LogP contribution < -0.4 is 0 Å². The van der Waals surface area contributed by atoms with Crippen LogP contribution in [0.5, 0.6) is 0 Å². The topological polar surface area (TPSA) is 30.7 Å². The summed E-state index contributed by atoms with van der Waals surface area (Å²) in [6.45, 7) is 4.81. The molecule has 8 heteroatoms. The molecule has 0 unspecified atom stereocenters. The SMILES string of the molecule is CCCCn1nnc(C(C)C)c1C(F)(F)C(F)(F)F. The predicted octanol–water partition coefficient (Wildman–Crippen LogP) is 3.86. The van der Waals surface area contributed by atoms with Gasteiger partial charge in [0.1, 0.15) is 5.69 Å². The van der Waals surface area contributed by atoms with Gasteiger partial charge in [0.05, 0.1) is 5.69 Å². The normalized spacial score (nSPS) is 13.3. The molecule has 0 saturated heterocycles. The summed E-state index contributed by atoms with van der Waals surface area (Å²) < 4.78 is 65.4. The van der Waals surface area contributed by atoms with Crippen LogP contribution in [0.15, 0.2) is 0 Å². The molecular weight excluding hydrogens is 269 g/mol. The number of rotatable bonds is 5. The number of nitrogens with zero attached hydrogens (tertiary/aromatic N) is 3. The molecule has 0 bridgehead atoms. The summed E-state index contributed by atoms with van der Waals surface area (Å²) in [6.07, 6.45) is -4.53. The first-order valence-electron chi connectivity index (χ1n) is 6.01. The lowest BCUT2D eigenvalue weighted by molar-refractivity contribution is -0.292. The van der Waals surface area contributed by atoms with E-state index in [4.69, 9.17) is 0 Å². The molecule has 0 saturated carbocycles. The Kier molecular flexibility index (Phi) is 4.52. The molecule has 0 spiro atoms. The first-order valence-corrected chi connectivity index (χ1v) is 6.01. The van der Waals surface area contributed by atoms with Gasteiger partial charge >= 0.3 is 12.1 Å². The van der Waals surface area contributed by atoms with Gasteiger partial charge in [-0.1, -0.05) is 32.4 Å². The largest absolute Gasteiger partial charge is 0.459 e. The molecule has 0 amide bonds. The van der Waals surface area contributed by atoms with Crippen LogP contribution in [0.4, 0.5) is 22.0 Å². The van der Waals surface area contributed by atoms with Crippen molar-refractivity contribution in [3.8, 4) is 0 Å². The Balaban J connectivity index is 3.32. The molecule has 0 aliphatic heterocycles. The highest BCUT2D eigenvalue weighted by Gasteiger charge is 2.62. The number of aromatic nitrogens is 3. The van der Waals surface area contributed by atoms with Crippen molar-refractivity contribution < 1.29 is 22.0 Å². The minimum Gasteiger partial charge on any atom is -0.243 e. The van der Waals surface area contributed by atoms with E-state index >= 15 is 0 Å². The molecule has 0 aliphatic carbocycles. The Morgan fingerprint density at radius 1 is 1.16 bits per heavy atom. The molecule has 1 aromatic heterocycles. The third-order valence-corrected chi connectivity index (χ3v) is 2.68. The van der Waals surface area contributed by atoms with Crippen molar-refractivity contribution in [2.75, 3.05) is 0 Å². The molecule has 110 valence electrons. The van der Waals surface area contributed by atoms with E-state index in [1.165, 1.54) is 13.8 Å². The van der Waals surface area contributed by atoms with Gasteiger partial charge < -0.3 is 0 Å². The number of unbranched alkanes of at least 4 members (excludes halogenated alkanes) is 1. The van der Waals surface area contributed by atoms with E-state index in [-0.39, 0.29) is 12.2 Å². The van der Waals surface area contributed by atoms with Gasteiger partial charge in [-0.2, -0.15) is 22.0 Å². The molecule has 1 aromatic rings. The number of alkyl halides is 5. The highest BCUT2D eigenvalue weighted by molar-refractivity contribution is 5.21. The summed E-state index contributed by atoms with van der Waals surface area (Å²) in [5.41, 5.74) is -1.44. The quantitative estimate of drug-likeness (QED) is 0.769. The maximum absolute atomic E-state index is 13.6. The van der Waals surface area contributed by atoms with Crippen LogP contribution in [-0.2, 0) is 12.5 Å². The minimum absolute atomic E-state index is 0.00275. The van der Waals surface area contributed by atoms with E-state index in [1.54, 1.807) is 0 Å². The fourth-order valence-electron chi connectivity index (χ4n) is 1.64. The van der Waals surface area contributed by atoms with E-state index in [0.717, 1.165) is 0 Å². The lowest BCUT2D eigenvalue weighted by Crippen LogP contribution is -2.37. The number of aryl methyl sites for hydroxylation is 1. The summed E-state index contributed by atoms with van der Waals surface area (Å²) in [6, 6.07) is 0. The maximum atomic E-state index is 13.6. The highest BCUT2D eigenvalue weighted by Crippen LogP contribution is 2.45. The van der Waals surface area contributed by atoms with Gasteiger partial charge in [-0.15, -0.1) is 5.10 Å². The third-order valence-electron chi connectivity index (χ3n) is 2.68. The van der Waals surface area contributed by atoms with Crippen LogP contribution in [-0.4, -0.2) is 21.2 Å². The molecule has 0 fully saturated rings. The summed E-state index contributed by atoms with van der Waals surface area (Å²) in [7, 11) is 0. The smallest absolute Gasteiger partial charge is 0.243 e. The van der Waals surface area contributed by atoms with Crippen LogP contribution in [0.1, 0.15) is 50.9 Å². The zero-order valence-electron chi connectivity index (χ0n) is 10.9. The van der Waals surface area contributed by atoms with Crippen molar-refractivity contribution in [2.24, 2.45) is 0 Å². The summed E-state index contributed by atoms with van der Waals surface area (Å²) in [4.78, 5) is 0. The second kappa shape index (κ2) is 5.42. The lowest BCUT2D eigenvalue weighted by atomic mass is 10.0. The van der Waals surface area contributed by atoms with E-state index in [9.17, 15) is 22.0 Å². The Labute approximate surface area is 107 Å². The van der Waals surface area contributed by atoms with Gasteiger partial charge in [0.15, 0.2) is 0 Å². The van der Waals surface area contributed by atoms with Crippen molar-refractivity contribution in [3.05, 3.63) is 11.4 Å². The molecule has 3 nitrogen and oxygen atoms in total. The molecule has 19 heavy (non-hydrogen) atoms. The van der Waals surface area contributed by atoms with Crippen LogP contribution in [0.25, 0.3) is 0 Å². The third kappa shape index (κ3) is 3.03. The molecule has 0 atom stereocenters.